The van der Waals surface area contributed by atoms with Crippen LogP contribution in [0.5, 0.6) is 11.8 Å². The number of nitrogens with zero attached hydrogens (tertiary/aromatic N) is 1. The van der Waals surface area contributed by atoms with Gasteiger partial charge in [-0.05, 0) is 35.9 Å². The first-order valence-corrected chi connectivity index (χ1v) is 6.81. The van der Waals surface area contributed by atoms with Crippen molar-refractivity contribution in [3.63, 3.8) is 0 Å². The zero-order valence-corrected chi connectivity index (χ0v) is 10.9. The predicted octanol–water partition coefficient (Wildman–Crippen LogP) is 1.52. The molecule has 6 nitrogen and oxygen atoms in total. The van der Waals surface area contributed by atoms with Crippen molar-refractivity contribution in [3.8, 4) is 11.8 Å². The highest BCUT2D eigenvalue weighted by Gasteiger charge is 2.23. The van der Waals surface area contributed by atoms with E-state index in [1.165, 1.54) is 12.1 Å². The molecule has 1 aromatic heterocycles. The Morgan fingerprint density at radius 2 is 1.47 bits per heavy atom. The molecule has 19 heavy (non-hydrogen) atoms. The second-order valence-corrected chi connectivity index (χ2v) is 5.75. The Balaban J connectivity index is 2.54. The fraction of sp³-hybridized carbons (Fsp3) is 0. The van der Waals surface area contributed by atoms with Gasteiger partial charge in [0.15, 0.2) is 0 Å². The number of hydrogen-bond acceptors (Lipinski definition) is 5. The molecule has 2 N–H and O–H groups in total. The van der Waals surface area contributed by atoms with Crippen LogP contribution in [0.15, 0.2) is 41.3 Å². The Hall–Kier alpha value is -1.99. The Kier molecular flexibility index (Phi) is 3.25. The van der Waals surface area contributed by atoms with Gasteiger partial charge in [-0.15, -0.1) is 0 Å². The monoisotopic (exact) mass is 301 g/mol. The van der Waals surface area contributed by atoms with Gasteiger partial charge in [0.05, 0.1) is 4.90 Å². The minimum atomic E-state index is -4.14. The van der Waals surface area contributed by atoms with Crippen molar-refractivity contribution >= 4 is 26.9 Å². The molecule has 0 amide bonds. The van der Waals surface area contributed by atoms with Gasteiger partial charge in [-0.25, -0.2) is 8.42 Å². The summed E-state index contributed by atoms with van der Waals surface area (Å²) in [5.41, 5.74) is 0.140. The van der Waals surface area contributed by atoms with Crippen molar-refractivity contribution in [2.45, 2.75) is 4.90 Å². The van der Waals surface area contributed by atoms with Gasteiger partial charge in [0.25, 0.3) is 15.3 Å². The van der Waals surface area contributed by atoms with Gasteiger partial charge in [-0.2, -0.15) is 3.97 Å². The molecule has 0 spiro atoms. The molecule has 0 unspecified atom stereocenters. The van der Waals surface area contributed by atoms with Crippen LogP contribution < -0.4 is 0 Å². The van der Waals surface area contributed by atoms with Crippen LogP contribution in [-0.2, 0) is 10.0 Å². The van der Waals surface area contributed by atoms with Gasteiger partial charge >= 0.3 is 0 Å². The summed E-state index contributed by atoms with van der Waals surface area (Å²) < 4.78 is 24.7. The Morgan fingerprint density at radius 1 is 1.00 bits per heavy atom. The summed E-state index contributed by atoms with van der Waals surface area (Å²) in [4.78, 5) is 10.7. The molecule has 8 heteroatoms. The molecule has 0 aliphatic rings. The summed E-state index contributed by atoms with van der Waals surface area (Å²) in [6.45, 7) is 0. The number of rotatable bonds is 3. The standard InChI is InChI=1S/C11H8ClNO5S/c12-11(16)7-1-3-8(4-2-7)19(17,18)13-9(14)5-6-10(13)15/h1-6,14-15H. The van der Waals surface area contributed by atoms with Crippen molar-refractivity contribution in [1.82, 2.24) is 3.97 Å². The van der Waals surface area contributed by atoms with Crippen molar-refractivity contribution in [3.05, 3.63) is 42.0 Å². The number of carbonyl (C=O) groups excluding carboxylic acids is 1. The number of hydrogen-bond donors (Lipinski definition) is 2. The highest BCUT2D eigenvalue weighted by atomic mass is 35.5. The molecule has 0 saturated heterocycles. The summed E-state index contributed by atoms with van der Waals surface area (Å²) in [7, 11) is -4.14. The molecule has 2 rings (SSSR count). The molecule has 1 heterocycles. The number of halogens is 1. The fourth-order valence-corrected chi connectivity index (χ4v) is 2.94. The van der Waals surface area contributed by atoms with Crippen molar-refractivity contribution in [2.75, 3.05) is 0 Å². The quantitative estimate of drug-likeness (QED) is 0.838. The van der Waals surface area contributed by atoms with Crippen molar-refractivity contribution < 1.29 is 23.4 Å². The maximum Gasteiger partial charge on any atom is 0.273 e. The minimum absolute atomic E-state index is 0.140. The van der Waals surface area contributed by atoms with Crippen LogP contribution in [0.2, 0.25) is 0 Å². The van der Waals surface area contributed by atoms with E-state index in [2.05, 4.69) is 0 Å². The average molecular weight is 302 g/mol. The number of carbonyl (C=O) groups is 1. The Morgan fingerprint density at radius 3 is 1.89 bits per heavy atom. The first-order chi connectivity index (χ1) is 8.84. The number of aromatic nitrogens is 1. The molecule has 0 saturated carbocycles. The molecule has 100 valence electrons. The maximum atomic E-state index is 12.1. The third-order valence-corrected chi connectivity index (χ3v) is 4.36. The van der Waals surface area contributed by atoms with E-state index in [-0.39, 0.29) is 10.5 Å². The molecular weight excluding hydrogens is 294 g/mol. The third kappa shape index (κ3) is 2.29. The van der Waals surface area contributed by atoms with E-state index in [4.69, 9.17) is 11.6 Å². The first-order valence-electron chi connectivity index (χ1n) is 4.99. The smallest absolute Gasteiger partial charge is 0.273 e. The summed E-state index contributed by atoms with van der Waals surface area (Å²) in [6.07, 6.45) is 0. The van der Waals surface area contributed by atoms with Crippen LogP contribution in [0.25, 0.3) is 0 Å². The second kappa shape index (κ2) is 4.60. The summed E-state index contributed by atoms with van der Waals surface area (Å²) in [5.74, 6) is -1.23. The van der Waals surface area contributed by atoms with Crippen LogP contribution in [0.1, 0.15) is 10.4 Å². The van der Waals surface area contributed by atoms with Gasteiger partial charge < -0.3 is 10.2 Å². The van der Waals surface area contributed by atoms with E-state index < -0.39 is 27.0 Å². The molecule has 2 aromatic rings. The molecule has 0 radical (unpaired) electrons. The molecule has 0 bridgehead atoms. The molecule has 0 atom stereocenters. The number of aromatic hydroxyl groups is 2. The summed E-state index contributed by atoms with van der Waals surface area (Å²) >= 11 is 5.25. The molecule has 0 aliphatic heterocycles. The van der Waals surface area contributed by atoms with Crippen LogP contribution in [0.4, 0.5) is 0 Å². The molecule has 1 aromatic carbocycles. The third-order valence-electron chi connectivity index (χ3n) is 2.42. The van der Waals surface area contributed by atoms with Crippen LogP contribution in [0, 0.1) is 0 Å². The normalized spacial score (nSPS) is 11.4. The topological polar surface area (TPSA) is 96.6 Å². The number of benzene rings is 1. The zero-order chi connectivity index (χ0) is 14.2. The van der Waals surface area contributed by atoms with Crippen LogP contribution in [0.3, 0.4) is 0 Å². The lowest BCUT2D eigenvalue weighted by Gasteiger charge is -2.08. The van der Waals surface area contributed by atoms with E-state index in [0.29, 0.717) is 3.97 Å². The summed E-state index contributed by atoms with van der Waals surface area (Å²) in [6, 6.07) is 6.88. The lowest BCUT2D eigenvalue weighted by Crippen LogP contribution is -2.12. The maximum absolute atomic E-state index is 12.1. The lowest BCUT2D eigenvalue weighted by atomic mass is 10.2. The van der Waals surface area contributed by atoms with Gasteiger partial charge in [0, 0.05) is 17.7 Å². The van der Waals surface area contributed by atoms with Crippen LogP contribution >= 0.6 is 11.6 Å². The van der Waals surface area contributed by atoms with Gasteiger partial charge in [-0.1, -0.05) is 0 Å². The molecular formula is C11H8ClNO5S. The average Bonchev–Trinajstić information content (AvgIpc) is 2.69. The Labute approximate surface area is 113 Å². The highest BCUT2D eigenvalue weighted by molar-refractivity contribution is 7.90. The van der Waals surface area contributed by atoms with E-state index in [1.54, 1.807) is 0 Å². The van der Waals surface area contributed by atoms with Gasteiger partial charge in [-0.3, -0.25) is 4.79 Å². The highest BCUT2D eigenvalue weighted by Crippen LogP contribution is 2.27. The molecule has 0 aliphatic carbocycles. The van der Waals surface area contributed by atoms with Crippen molar-refractivity contribution in [1.29, 1.82) is 0 Å². The van der Waals surface area contributed by atoms with Gasteiger partial charge in [0.1, 0.15) is 0 Å². The molecule has 0 fully saturated rings. The van der Waals surface area contributed by atoms with Crippen LogP contribution in [-0.4, -0.2) is 27.8 Å². The SMILES string of the molecule is O=C(Cl)c1ccc(S(=O)(=O)n2c(O)ccc2O)cc1. The van der Waals surface area contributed by atoms with Gasteiger partial charge in [0.2, 0.25) is 11.8 Å². The zero-order valence-electron chi connectivity index (χ0n) is 9.32. The van der Waals surface area contributed by atoms with E-state index in [9.17, 15) is 23.4 Å². The van der Waals surface area contributed by atoms with Crippen molar-refractivity contribution in [2.24, 2.45) is 0 Å². The second-order valence-electron chi connectivity index (χ2n) is 3.62. The summed E-state index contributed by atoms with van der Waals surface area (Å²) in [5, 5.41) is 18.1. The van der Waals surface area contributed by atoms with E-state index in [0.717, 1.165) is 24.3 Å². The van der Waals surface area contributed by atoms with E-state index >= 15 is 0 Å². The predicted molar refractivity (Wildman–Crippen MR) is 67.0 cm³/mol. The minimum Gasteiger partial charge on any atom is -0.494 e. The first kappa shape index (κ1) is 13.4. The Bertz CT molecular complexity index is 713. The fourth-order valence-electron chi connectivity index (χ4n) is 1.51. The van der Waals surface area contributed by atoms with E-state index in [1.807, 2.05) is 0 Å². The lowest BCUT2D eigenvalue weighted by molar-refractivity contribution is 0.108. The largest absolute Gasteiger partial charge is 0.494 e.